The van der Waals surface area contributed by atoms with E-state index in [1.807, 2.05) is 20.8 Å². The Labute approximate surface area is 232 Å². The molecule has 0 aromatic carbocycles. The molecule has 8 rings (SSSR count). The van der Waals surface area contributed by atoms with Gasteiger partial charge >= 0.3 is 11.9 Å². The predicted molar refractivity (Wildman–Crippen MR) is 151 cm³/mol. The Balaban J connectivity index is 0.000000156. The number of hydrogen-bond donors (Lipinski definition) is 0. The van der Waals surface area contributed by atoms with E-state index in [0.717, 1.165) is 42.9 Å². The van der Waals surface area contributed by atoms with Crippen LogP contribution in [0.5, 0.6) is 0 Å². The topological polar surface area (TPSA) is 52.6 Å². The lowest BCUT2D eigenvalue weighted by molar-refractivity contribution is -0.218. The monoisotopic (exact) mass is 528 g/mol. The molecule has 8 aliphatic carbocycles. The summed E-state index contributed by atoms with van der Waals surface area (Å²) in [5.41, 5.74) is -0.609. The molecule has 0 radical (unpaired) electrons. The molecule has 1 unspecified atom stereocenters. The van der Waals surface area contributed by atoms with E-state index in [1.54, 1.807) is 0 Å². The third-order valence-electron chi connectivity index (χ3n) is 12.9. The van der Waals surface area contributed by atoms with Crippen molar-refractivity contribution in [3.8, 4) is 0 Å². The fourth-order valence-electron chi connectivity index (χ4n) is 10.0. The average Bonchev–Trinajstić information content (AvgIpc) is 2.88. The van der Waals surface area contributed by atoms with Gasteiger partial charge in [0.1, 0.15) is 11.2 Å². The molecule has 0 N–H and O–H groups in total. The third kappa shape index (κ3) is 4.87. The molecule has 0 heterocycles. The van der Waals surface area contributed by atoms with Gasteiger partial charge in [0, 0.05) is 0 Å². The van der Waals surface area contributed by atoms with Gasteiger partial charge < -0.3 is 9.47 Å². The maximum Gasteiger partial charge on any atom is 0.312 e. The van der Waals surface area contributed by atoms with Crippen molar-refractivity contribution in [2.45, 2.75) is 143 Å². The molecule has 0 aromatic heterocycles. The highest BCUT2D eigenvalue weighted by atomic mass is 16.6. The maximum absolute atomic E-state index is 12.6. The van der Waals surface area contributed by atoms with Crippen LogP contribution in [0.15, 0.2) is 0 Å². The van der Waals surface area contributed by atoms with Crippen LogP contribution in [0, 0.1) is 58.7 Å². The molecule has 216 valence electrons. The minimum absolute atomic E-state index is 0.0347. The summed E-state index contributed by atoms with van der Waals surface area (Å²) < 4.78 is 12.3. The van der Waals surface area contributed by atoms with Gasteiger partial charge in [-0.05, 0) is 152 Å². The van der Waals surface area contributed by atoms with Crippen LogP contribution in [0.4, 0.5) is 0 Å². The van der Waals surface area contributed by atoms with Crippen molar-refractivity contribution in [3.63, 3.8) is 0 Å². The lowest BCUT2D eigenvalue weighted by Gasteiger charge is -2.60. The quantitative estimate of drug-likeness (QED) is 0.312. The number of carbonyl (C=O) groups excluding carboxylic acids is 2. The minimum Gasteiger partial charge on any atom is -0.459 e. The van der Waals surface area contributed by atoms with Crippen molar-refractivity contribution in [2.75, 3.05) is 0 Å². The van der Waals surface area contributed by atoms with E-state index in [4.69, 9.17) is 9.47 Å². The van der Waals surface area contributed by atoms with Crippen LogP contribution < -0.4 is 0 Å². The second-order valence-corrected chi connectivity index (χ2v) is 15.5. The van der Waals surface area contributed by atoms with Crippen LogP contribution in [0.1, 0.15) is 132 Å². The van der Waals surface area contributed by atoms with Gasteiger partial charge in [0.05, 0.1) is 11.3 Å². The molecule has 8 bridgehead atoms. The van der Waals surface area contributed by atoms with Gasteiger partial charge in [-0.25, -0.2) is 0 Å². The fraction of sp³-hybridized carbons (Fsp3) is 0.941. The van der Waals surface area contributed by atoms with Crippen LogP contribution in [-0.2, 0) is 19.1 Å². The Kier molecular flexibility index (Phi) is 7.79. The predicted octanol–water partition coefficient (Wildman–Crippen LogP) is 8.36. The molecule has 4 heteroatoms. The summed E-state index contributed by atoms with van der Waals surface area (Å²) in [6, 6.07) is 0. The third-order valence-corrected chi connectivity index (χ3v) is 12.9. The highest BCUT2D eigenvalue weighted by molar-refractivity contribution is 5.76. The normalized spacial score (nSPS) is 44.8. The van der Waals surface area contributed by atoms with Gasteiger partial charge in [0.25, 0.3) is 0 Å². The molecule has 0 aromatic rings. The van der Waals surface area contributed by atoms with E-state index < -0.39 is 0 Å². The Morgan fingerprint density at radius 1 is 0.737 bits per heavy atom. The maximum atomic E-state index is 12.6. The molecule has 8 fully saturated rings. The molecule has 8 saturated carbocycles. The lowest BCUT2D eigenvalue weighted by Crippen LogP contribution is -2.60. The molecule has 8 aliphatic rings. The summed E-state index contributed by atoms with van der Waals surface area (Å²) in [5, 5.41) is 0. The van der Waals surface area contributed by atoms with Gasteiger partial charge in [-0.15, -0.1) is 0 Å². The summed E-state index contributed by atoms with van der Waals surface area (Å²) >= 11 is 0. The van der Waals surface area contributed by atoms with Crippen LogP contribution in [0.3, 0.4) is 0 Å². The van der Waals surface area contributed by atoms with Gasteiger partial charge in [-0.2, -0.15) is 0 Å². The van der Waals surface area contributed by atoms with Crippen LogP contribution >= 0.6 is 0 Å². The number of esters is 2. The molecule has 4 nitrogen and oxygen atoms in total. The fourth-order valence-corrected chi connectivity index (χ4v) is 10.0. The first-order valence-electron chi connectivity index (χ1n) is 16.4. The van der Waals surface area contributed by atoms with Crippen LogP contribution in [-0.4, -0.2) is 23.1 Å². The SMILES string of the molecule is CCC(C)(C)C(=O)OC1(CC)C2CC3CC(C2)CC1C3.CCC(C)C(=O)OC1(C)C2CC3CC(C2)CC1C3. The first-order valence-corrected chi connectivity index (χ1v) is 16.4. The van der Waals surface area contributed by atoms with E-state index in [0.29, 0.717) is 23.7 Å². The second-order valence-electron chi connectivity index (χ2n) is 15.5. The zero-order valence-corrected chi connectivity index (χ0v) is 25.5. The first-order chi connectivity index (χ1) is 17.9. The van der Waals surface area contributed by atoms with Gasteiger partial charge in [0.2, 0.25) is 0 Å². The summed E-state index contributed by atoms with van der Waals surface area (Å²) in [6.45, 7) is 14.6. The lowest BCUT2D eigenvalue weighted by atomic mass is 9.49. The first kappa shape index (κ1) is 28.5. The summed E-state index contributed by atoms with van der Waals surface area (Å²) in [7, 11) is 0. The van der Waals surface area contributed by atoms with Crippen LogP contribution in [0.25, 0.3) is 0 Å². The second kappa shape index (κ2) is 10.4. The number of carbonyl (C=O) groups is 2. The zero-order valence-electron chi connectivity index (χ0n) is 25.5. The van der Waals surface area contributed by atoms with Gasteiger partial charge in [-0.3, -0.25) is 9.59 Å². The summed E-state index contributed by atoms with van der Waals surface area (Å²) in [4.78, 5) is 24.8. The van der Waals surface area contributed by atoms with Crippen molar-refractivity contribution in [3.05, 3.63) is 0 Å². The van der Waals surface area contributed by atoms with Gasteiger partial charge in [0.15, 0.2) is 0 Å². The minimum atomic E-state index is -0.336. The Hall–Kier alpha value is -1.06. The number of rotatable bonds is 7. The van der Waals surface area contributed by atoms with Gasteiger partial charge in [-0.1, -0.05) is 27.7 Å². The highest BCUT2D eigenvalue weighted by Crippen LogP contribution is 2.61. The van der Waals surface area contributed by atoms with E-state index in [1.165, 1.54) is 64.2 Å². The average molecular weight is 529 g/mol. The largest absolute Gasteiger partial charge is 0.459 e. The standard InChI is InChI=1S/C18H30O2.C16H26O2/c1-5-17(3,4)16(19)20-18(6-2)14-8-12-7-13(10-14)11-15(18)9-12;1-4-10(2)15(17)18-16(3)13-6-11-5-12(8-13)9-14(16)7-11/h12-15H,5-11H2,1-4H3;10-14H,4-9H2,1-3H3. The number of hydrogen-bond acceptors (Lipinski definition) is 4. The molecule has 0 amide bonds. The van der Waals surface area contributed by atoms with E-state index >= 15 is 0 Å². The molecule has 0 spiro atoms. The molecule has 1 atom stereocenters. The zero-order chi connectivity index (χ0) is 27.5. The molecular formula is C34H56O4. The molecule has 0 saturated heterocycles. The van der Waals surface area contributed by atoms with Crippen molar-refractivity contribution in [1.29, 1.82) is 0 Å². The smallest absolute Gasteiger partial charge is 0.312 e. The van der Waals surface area contributed by atoms with E-state index in [-0.39, 0.29) is 34.5 Å². The van der Waals surface area contributed by atoms with E-state index in [9.17, 15) is 9.59 Å². The molecule has 38 heavy (non-hydrogen) atoms. The van der Waals surface area contributed by atoms with Crippen molar-refractivity contribution in [2.24, 2.45) is 58.7 Å². The Morgan fingerprint density at radius 2 is 1.16 bits per heavy atom. The van der Waals surface area contributed by atoms with Crippen molar-refractivity contribution >= 4 is 11.9 Å². The number of ether oxygens (including phenoxy) is 2. The molecule has 0 aliphatic heterocycles. The Bertz CT molecular complexity index is 831. The van der Waals surface area contributed by atoms with Crippen molar-refractivity contribution < 1.29 is 19.1 Å². The molecular weight excluding hydrogens is 472 g/mol. The van der Waals surface area contributed by atoms with Crippen molar-refractivity contribution in [1.82, 2.24) is 0 Å². The summed E-state index contributed by atoms with van der Waals surface area (Å²) in [5.74, 6) is 6.40. The van der Waals surface area contributed by atoms with Crippen LogP contribution in [0.2, 0.25) is 0 Å². The summed E-state index contributed by atoms with van der Waals surface area (Å²) in [6.07, 6.45) is 16.1. The Morgan fingerprint density at radius 3 is 1.53 bits per heavy atom. The van der Waals surface area contributed by atoms with E-state index in [2.05, 4.69) is 27.7 Å². The highest BCUT2D eigenvalue weighted by Gasteiger charge is 2.59.